The van der Waals surface area contributed by atoms with E-state index in [0.29, 0.717) is 13.0 Å². The van der Waals surface area contributed by atoms with Crippen LogP contribution in [0.5, 0.6) is 0 Å². The normalized spacial score (nSPS) is 18.8. The highest BCUT2D eigenvalue weighted by atomic mass is 35.5. The molecular formula is C11H14ClFN4O. The molecule has 1 aromatic carbocycles. The van der Waals surface area contributed by atoms with E-state index < -0.39 is 5.82 Å². The highest BCUT2D eigenvalue weighted by Crippen LogP contribution is 2.33. The summed E-state index contributed by atoms with van der Waals surface area (Å²) in [6.45, 7) is 0.396. The number of carbonyl (C=O) groups excluding carboxylic acids is 1. The van der Waals surface area contributed by atoms with Crippen LogP contribution < -0.4 is 22.1 Å². The van der Waals surface area contributed by atoms with E-state index in [9.17, 15) is 9.18 Å². The Bertz CT molecular complexity index is 494. The van der Waals surface area contributed by atoms with E-state index in [4.69, 9.17) is 23.1 Å². The number of amides is 1. The molecule has 5 nitrogen and oxygen atoms in total. The Morgan fingerprint density at radius 1 is 1.50 bits per heavy atom. The zero-order valence-electron chi connectivity index (χ0n) is 9.59. The highest BCUT2D eigenvalue weighted by Gasteiger charge is 2.21. The number of nitrogens with two attached hydrogens (primary N) is 2. The van der Waals surface area contributed by atoms with Crippen LogP contribution in [0.25, 0.3) is 0 Å². The van der Waals surface area contributed by atoms with Crippen molar-refractivity contribution in [3.8, 4) is 0 Å². The van der Waals surface area contributed by atoms with Crippen LogP contribution in [0, 0.1) is 5.82 Å². The van der Waals surface area contributed by atoms with Gasteiger partial charge in [0.2, 0.25) is 5.91 Å². The second-order valence-corrected chi connectivity index (χ2v) is 4.62. The fourth-order valence-corrected chi connectivity index (χ4v) is 2.05. The Morgan fingerprint density at radius 3 is 2.83 bits per heavy atom. The van der Waals surface area contributed by atoms with Gasteiger partial charge in [-0.3, -0.25) is 4.79 Å². The van der Waals surface area contributed by atoms with Crippen molar-refractivity contribution in [3.63, 3.8) is 0 Å². The average Bonchev–Trinajstić information content (AvgIpc) is 2.72. The number of hydrogen-bond acceptors (Lipinski definition) is 4. The summed E-state index contributed by atoms with van der Waals surface area (Å²) in [5.41, 5.74) is 11.6. The molecule has 0 saturated carbocycles. The monoisotopic (exact) mass is 272 g/mol. The molecule has 1 aliphatic heterocycles. The van der Waals surface area contributed by atoms with E-state index in [1.165, 1.54) is 6.07 Å². The third-order valence-electron chi connectivity index (χ3n) is 2.88. The van der Waals surface area contributed by atoms with Crippen LogP contribution in [0.2, 0.25) is 5.02 Å². The number of carbonyl (C=O) groups is 1. The first-order valence-electron chi connectivity index (χ1n) is 5.55. The van der Waals surface area contributed by atoms with Gasteiger partial charge in [0.15, 0.2) is 5.82 Å². The van der Waals surface area contributed by atoms with Gasteiger partial charge in [0.05, 0.1) is 17.1 Å². The quantitative estimate of drug-likeness (QED) is 0.625. The molecule has 6 N–H and O–H groups in total. The fourth-order valence-electron chi connectivity index (χ4n) is 1.90. The first kappa shape index (κ1) is 12.8. The molecule has 1 atom stereocenters. The molecule has 98 valence electrons. The Hall–Kier alpha value is -1.69. The van der Waals surface area contributed by atoms with E-state index >= 15 is 0 Å². The number of halogens is 2. The third-order valence-corrected chi connectivity index (χ3v) is 3.26. The number of anilines is 3. The lowest BCUT2D eigenvalue weighted by Gasteiger charge is -2.16. The number of rotatable bonds is 3. The summed E-state index contributed by atoms with van der Waals surface area (Å²) in [5, 5.41) is 5.47. The standard InChI is InChI=1S/C11H14ClFN4O/c12-9-6(14)3-7(15)11(10(9)13)16-4-5-1-2-8(18)17-5/h3,5,16H,1-2,4,14-15H2,(H,17,18). The van der Waals surface area contributed by atoms with Crippen molar-refractivity contribution >= 4 is 34.6 Å². The smallest absolute Gasteiger partial charge is 0.220 e. The van der Waals surface area contributed by atoms with Crippen molar-refractivity contribution in [2.24, 2.45) is 0 Å². The SMILES string of the molecule is Nc1cc(N)c(NCC2CCC(=O)N2)c(F)c1Cl. The predicted octanol–water partition coefficient (Wildman–Crippen LogP) is 1.33. The van der Waals surface area contributed by atoms with Crippen LogP contribution in [0.15, 0.2) is 6.07 Å². The molecule has 1 saturated heterocycles. The molecule has 0 spiro atoms. The van der Waals surface area contributed by atoms with Crippen LogP contribution in [0.1, 0.15) is 12.8 Å². The number of nitrogen functional groups attached to an aromatic ring is 2. The van der Waals surface area contributed by atoms with Crippen molar-refractivity contribution < 1.29 is 9.18 Å². The van der Waals surface area contributed by atoms with Gasteiger partial charge in [0.25, 0.3) is 0 Å². The molecule has 18 heavy (non-hydrogen) atoms. The molecular weight excluding hydrogens is 259 g/mol. The molecule has 0 bridgehead atoms. The predicted molar refractivity (Wildman–Crippen MR) is 69.9 cm³/mol. The van der Waals surface area contributed by atoms with Gasteiger partial charge < -0.3 is 22.1 Å². The van der Waals surface area contributed by atoms with E-state index in [1.54, 1.807) is 0 Å². The summed E-state index contributed by atoms with van der Waals surface area (Å²) in [7, 11) is 0. The Balaban J connectivity index is 2.10. The largest absolute Gasteiger partial charge is 0.397 e. The van der Waals surface area contributed by atoms with Crippen molar-refractivity contribution in [1.82, 2.24) is 5.32 Å². The Morgan fingerprint density at radius 2 is 2.22 bits per heavy atom. The van der Waals surface area contributed by atoms with Crippen LogP contribution >= 0.6 is 11.6 Å². The minimum Gasteiger partial charge on any atom is -0.397 e. The minimum atomic E-state index is -0.668. The lowest BCUT2D eigenvalue weighted by atomic mass is 10.2. The lowest BCUT2D eigenvalue weighted by molar-refractivity contribution is -0.119. The van der Waals surface area contributed by atoms with E-state index in [1.807, 2.05) is 0 Å². The van der Waals surface area contributed by atoms with Crippen LogP contribution in [0.4, 0.5) is 21.5 Å². The van der Waals surface area contributed by atoms with E-state index in [-0.39, 0.29) is 34.0 Å². The Labute approximate surface area is 109 Å². The van der Waals surface area contributed by atoms with Crippen molar-refractivity contribution in [3.05, 3.63) is 16.9 Å². The molecule has 0 aliphatic carbocycles. The molecule has 1 amide bonds. The maximum Gasteiger partial charge on any atom is 0.220 e. The van der Waals surface area contributed by atoms with Gasteiger partial charge in [0, 0.05) is 19.0 Å². The van der Waals surface area contributed by atoms with Gasteiger partial charge in [-0.2, -0.15) is 0 Å². The molecule has 0 aromatic heterocycles. The maximum atomic E-state index is 13.8. The van der Waals surface area contributed by atoms with E-state index in [0.717, 1.165) is 6.42 Å². The second-order valence-electron chi connectivity index (χ2n) is 4.24. The van der Waals surface area contributed by atoms with Crippen LogP contribution in [-0.4, -0.2) is 18.5 Å². The highest BCUT2D eigenvalue weighted by molar-refractivity contribution is 6.33. The fraction of sp³-hybridized carbons (Fsp3) is 0.364. The van der Waals surface area contributed by atoms with Gasteiger partial charge in [-0.1, -0.05) is 11.6 Å². The topological polar surface area (TPSA) is 93.2 Å². The molecule has 1 heterocycles. The van der Waals surface area contributed by atoms with Gasteiger partial charge in [-0.15, -0.1) is 0 Å². The summed E-state index contributed by atoms with van der Waals surface area (Å²) >= 11 is 5.71. The van der Waals surface area contributed by atoms with Crippen molar-refractivity contribution in [2.75, 3.05) is 23.3 Å². The molecule has 7 heteroatoms. The van der Waals surface area contributed by atoms with Gasteiger partial charge in [-0.25, -0.2) is 4.39 Å². The molecule has 1 aliphatic rings. The number of benzene rings is 1. The molecule has 0 radical (unpaired) electrons. The first-order chi connectivity index (χ1) is 8.49. The molecule has 1 fully saturated rings. The lowest BCUT2D eigenvalue weighted by Crippen LogP contribution is -2.32. The first-order valence-corrected chi connectivity index (χ1v) is 5.93. The summed E-state index contributed by atoms with van der Waals surface area (Å²) in [6, 6.07) is 1.38. The summed E-state index contributed by atoms with van der Waals surface area (Å²) in [5.74, 6) is -0.663. The minimum absolute atomic E-state index is 0.00517. The number of hydrogen-bond donors (Lipinski definition) is 4. The van der Waals surface area contributed by atoms with Crippen molar-refractivity contribution in [2.45, 2.75) is 18.9 Å². The Kier molecular flexibility index (Phi) is 3.47. The van der Waals surface area contributed by atoms with Crippen molar-refractivity contribution in [1.29, 1.82) is 0 Å². The molecule has 1 unspecified atom stereocenters. The van der Waals surface area contributed by atoms with Gasteiger partial charge in [0.1, 0.15) is 5.02 Å². The number of nitrogens with one attached hydrogen (secondary N) is 2. The van der Waals surface area contributed by atoms with E-state index in [2.05, 4.69) is 10.6 Å². The van der Waals surface area contributed by atoms with Gasteiger partial charge in [-0.05, 0) is 12.5 Å². The average molecular weight is 273 g/mol. The summed E-state index contributed by atoms with van der Waals surface area (Å²) in [4.78, 5) is 11.0. The third kappa shape index (κ3) is 2.43. The van der Waals surface area contributed by atoms with Gasteiger partial charge >= 0.3 is 0 Å². The zero-order valence-corrected chi connectivity index (χ0v) is 10.4. The molecule has 2 rings (SSSR count). The summed E-state index contributed by atoms with van der Waals surface area (Å²) in [6.07, 6.45) is 1.21. The second kappa shape index (κ2) is 4.89. The molecule has 1 aromatic rings. The maximum absolute atomic E-state index is 13.8. The zero-order chi connectivity index (χ0) is 13.3. The van der Waals surface area contributed by atoms with Crippen LogP contribution in [0.3, 0.4) is 0 Å². The summed E-state index contributed by atoms with van der Waals surface area (Å²) < 4.78 is 13.8. The van der Waals surface area contributed by atoms with Crippen LogP contribution in [-0.2, 0) is 4.79 Å².